The van der Waals surface area contributed by atoms with E-state index in [1.807, 2.05) is 88.4 Å². The van der Waals surface area contributed by atoms with Gasteiger partial charge in [0.05, 0.1) is 7.11 Å². The Bertz CT molecular complexity index is 1190. The van der Waals surface area contributed by atoms with Gasteiger partial charge in [0.1, 0.15) is 17.5 Å². The number of rotatable bonds is 12. The summed E-state index contributed by atoms with van der Waals surface area (Å²) >= 11 is 0. The first kappa shape index (κ1) is 27.8. The van der Waals surface area contributed by atoms with Gasteiger partial charge in [0.15, 0.2) is 6.61 Å². The van der Waals surface area contributed by atoms with Crippen LogP contribution in [0.1, 0.15) is 41.2 Å². The molecular formula is C31H38N2O4. The Kier molecular flexibility index (Phi) is 10.1. The topological polar surface area (TPSA) is 67.9 Å². The normalized spacial score (nSPS) is 11.5. The fourth-order valence-corrected chi connectivity index (χ4v) is 4.26. The van der Waals surface area contributed by atoms with Crippen LogP contribution in [-0.4, -0.2) is 43.0 Å². The number of amides is 2. The number of nitrogens with zero attached hydrogens (tertiary/aromatic N) is 1. The highest BCUT2D eigenvalue weighted by atomic mass is 16.5. The largest absolute Gasteiger partial charge is 0.497 e. The van der Waals surface area contributed by atoms with Crippen molar-refractivity contribution >= 4 is 11.8 Å². The fraction of sp³-hybridized carbons (Fsp3) is 0.355. The molecule has 1 N–H and O–H groups in total. The molecular weight excluding hydrogens is 464 g/mol. The minimum Gasteiger partial charge on any atom is -0.497 e. The van der Waals surface area contributed by atoms with E-state index < -0.39 is 6.04 Å². The summed E-state index contributed by atoms with van der Waals surface area (Å²) in [5, 5.41) is 3.00. The van der Waals surface area contributed by atoms with E-state index in [9.17, 15) is 9.59 Å². The summed E-state index contributed by atoms with van der Waals surface area (Å²) in [7, 11) is 1.61. The van der Waals surface area contributed by atoms with E-state index in [0.29, 0.717) is 24.5 Å². The van der Waals surface area contributed by atoms with E-state index in [-0.39, 0.29) is 25.0 Å². The Morgan fingerprint density at radius 1 is 0.946 bits per heavy atom. The second-order valence-electron chi connectivity index (χ2n) is 9.36. The van der Waals surface area contributed by atoms with Gasteiger partial charge in [-0.25, -0.2) is 0 Å². The van der Waals surface area contributed by atoms with Crippen molar-refractivity contribution in [2.24, 2.45) is 0 Å². The Morgan fingerprint density at radius 3 is 2.38 bits per heavy atom. The second-order valence-corrected chi connectivity index (χ2v) is 9.36. The monoisotopic (exact) mass is 502 g/mol. The van der Waals surface area contributed by atoms with Crippen LogP contribution in [0.3, 0.4) is 0 Å². The summed E-state index contributed by atoms with van der Waals surface area (Å²) in [5.41, 5.74) is 5.03. The van der Waals surface area contributed by atoms with Gasteiger partial charge in [-0.05, 0) is 73.2 Å². The van der Waals surface area contributed by atoms with Crippen LogP contribution in [0.2, 0.25) is 0 Å². The zero-order chi connectivity index (χ0) is 26.8. The Hall–Kier alpha value is -3.80. The molecule has 0 aromatic heterocycles. The average Bonchev–Trinajstić information content (AvgIpc) is 2.90. The summed E-state index contributed by atoms with van der Waals surface area (Å²) in [6.07, 6.45) is 1.21. The number of aryl methyl sites for hydroxylation is 2. The molecule has 0 saturated carbocycles. The van der Waals surface area contributed by atoms with Crippen molar-refractivity contribution in [1.82, 2.24) is 10.2 Å². The lowest BCUT2D eigenvalue weighted by Gasteiger charge is -2.31. The Morgan fingerprint density at radius 2 is 1.68 bits per heavy atom. The molecule has 2 amide bonds. The molecule has 3 rings (SSSR count). The molecule has 0 radical (unpaired) electrons. The van der Waals surface area contributed by atoms with Crippen LogP contribution in [-0.2, 0) is 22.6 Å². The van der Waals surface area contributed by atoms with Gasteiger partial charge < -0.3 is 19.7 Å². The van der Waals surface area contributed by atoms with Crippen LogP contribution in [0.15, 0.2) is 66.7 Å². The molecule has 0 aliphatic carbocycles. The number of carbonyl (C=O) groups excluding carboxylic acids is 2. The van der Waals surface area contributed by atoms with Crippen LogP contribution in [0.5, 0.6) is 11.5 Å². The van der Waals surface area contributed by atoms with Crippen LogP contribution < -0.4 is 14.8 Å². The number of benzene rings is 3. The highest BCUT2D eigenvalue weighted by Crippen LogP contribution is 2.24. The first-order valence-corrected chi connectivity index (χ1v) is 12.8. The molecule has 6 heteroatoms. The van der Waals surface area contributed by atoms with Gasteiger partial charge in [-0.2, -0.15) is 0 Å². The predicted molar refractivity (Wildman–Crippen MR) is 147 cm³/mol. The van der Waals surface area contributed by atoms with Gasteiger partial charge >= 0.3 is 0 Å². The third kappa shape index (κ3) is 7.84. The average molecular weight is 503 g/mol. The van der Waals surface area contributed by atoms with E-state index in [1.54, 1.807) is 12.0 Å². The number of ether oxygens (including phenoxy) is 2. The number of carbonyl (C=O) groups is 2. The molecule has 3 aromatic rings. The van der Waals surface area contributed by atoms with Gasteiger partial charge in [-0.1, -0.05) is 55.5 Å². The van der Waals surface area contributed by atoms with Crippen molar-refractivity contribution < 1.29 is 19.1 Å². The van der Waals surface area contributed by atoms with Crippen molar-refractivity contribution in [3.05, 3.63) is 94.5 Å². The lowest BCUT2D eigenvalue weighted by atomic mass is 10.0. The van der Waals surface area contributed by atoms with Crippen molar-refractivity contribution in [1.29, 1.82) is 0 Å². The molecule has 0 saturated heterocycles. The molecule has 0 aliphatic heterocycles. The third-order valence-corrected chi connectivity index (χ3v) is 6.42. The first-order valence-electron chi connectivity index (χ1n) is 12.8. The molecule has 37 heavy (non-hydrogen) atoms. The minimum absolute atomic E-state index is 0.167. The molecule has 0 bridgehead atoms. The molecule has 3 aromatic carbocycles. The third-order valence-electron chi connectivity index (χ3n) is 6.42. The zero-order valence-corrected chi connectivity index (χ0v) is 22.5. The van der Waals surface area contributed by atoms with Gasteiger partial charge in [-0.15, -0.1) is 0 Å². The number of hydrogen-bond acceptors (Lipinski definition) is 4. The summed E-state index contributed by atoms with van der Waals surface area (Å²) in [5.74, 6) is 0.947. The molecule has 196 valence electrons. The van der Waals surface area contributed by atoms with Gasteiger partial charge in [0.25, 0.3) is 5.91 Å². The van der Waals surface area contributed by atoms with Crippen LogP contribution in [0, 0.1) is 20.8 Å². The second kappa shape index (κ2) is 13.5. The van der Waals surface area contributed by atoms with Gasteiger partial charge in [-0.3, -0.25) is 9.59 Å². The zero-order valence-electron chi connectivity index (χ0n) is 22.5. The molecule has 0 fully saturated rings. The lowest BCUT2D eigenvalue weighted by Crippen LogP contribution is -2.51. The maximum Gasteiger partial charge on any atom is 0.261 e. The summed E-state index contributed by atoms with van der Waals surface area (Å²) in [6.45, 7) is 8.65. The fourth-order valence-electron chi connectivity index (χ4n) is 4.26. The van der Waals surface area contributed by atoms with Gasteiger partial charge in [0, 0.05) is 19.5 Å². The molecule has 0 heterocycles. The lowest BCUT2D eigenvalue weighted by molar-refractivity contribution is -0.142. The Labute approximate surface area is 220 Å². The van der Waals surface area contributed by atoms with Crippen molar-refractivity contribution in [2.45, 2.75) is 53.1 Å². The molecule has 1 atom stereocenters. The SMILES string of the molecule is CCCNC(=O)[C@@H](Cc1ccccc1)N(Cc1cccc(OC)c1)C(=O)COc1cc(C)cc(C)c1C. The van der Waals surface area contributed by atoms with E-state index in [1.165, 1.54) is 0 Å². The number of hydrogen-bond donors (Lipinski definition) is 1. The molecule has 0 unspecified atom stereocenters. The van der Waals surface area contributed by atoms with Gasteiger partial charge in [0.2, 0.25) is 5.91 Å². The summed E-state index contributed by atoms with van der Waals surface area (Å²) < 4.78 is 11.4. The van der Waals surface area contributed by atoms with E-state index in [4.69, 9.17) is 9.47 Å². The minimum atomic E-state index is -0.698. The smallest absolute Gasteiger partial charge is 0.261 e. The van der Waals surface area contributed by atoms with Crippen LogP contribution >= 0.6 is 0 Å². The van der Waals surface area contributed by atoms with Crippen molar-refractivity contribution in [3.8, 4) is 11.5 Å². The van der Waals surface area contributed by atoms with E-state index in [0.717, 1.165) is 34.2 Å². The van der Waals surface area contributed by atoms with Crippen LogP contribution in [0.25, 0.3) is 0 Å². The van der Waals surface area contributed by atoms with Crippen molar-refractivity contribution in [2.75, 3.05) is 20.3 Å². The van der Waals surface area contributed by atoms with Crippen LogP contribution in [0.4, 0.5) is 0 Å². The predicted octanol–water partition coefficient (Wildman–Crippen LogP) is 5.17. The Balaban J connectivity index is 1.94. The molecule has 0 aliphatic rings. The summed E-state index contributed by atoms with van der Waals surface area (Å²) in [6, 6.07) is 20.7. The number of nitrogens with one attached hydrogen (secondary N) is 1. The maximum absolute atomic E-state index is 13.8. The summed E-state index contributed by atoms with van der Waals surface area (Å²) in [4.78, 5) is 28.8. The first-order chi connectivity index (χ1) is 17.8. The van der Waals surface area contributed by atoms with E-state index >= 15 is 0 Å². The maximum atomic E-state index is 13.8. The quantitative estimate of drug-likeness (QED) is 0.371. The van der Waals surface area contributed by atoms with E-state index in [2.05, 4.69) is 11.4 Å². The molecule has 6 nitrogen and oxygen atoms in total. The standard InChI is InChI=1S/C31H38N2O4/c1-6-15-32-31(35)28(19-25-11-8-7-9-12-25)33(20-26-13-10-14-27(18-26)36-5)30(34)21-37-29-17-22(2)16-23(3)24(29)4/h7-14,16-18,28H,6,15,19-21H2,1-5H3,(H,32,35)/t28-/m1/s1. The van der Waals surface area contributed by atoms with Crippen molar-refractivity contribution in [3.63, 3.8) is 0 Å². The number of methoxy groups -OCH3 is 1. The molecule has 0 spiro atoms. The highest BCUT2D eigenvalue weighted by molar-refractivity contribution is 5.88. The highest BCUT2D eigenvalue weighted by Gasteiger charge is 2.30.